The Morgan fingerprint density at radius 2 is 1.76 bits per heavy atom. The molecule has 4 aromatic rings. The normalized spacial score (nSPS) is 11.2. The second-order valence-electron chi connectivity index (χ2n) is 11.4. The van der Waals surface area contributed by atoms with E-state index in [9.17, 15) is 14.7 Å². The van der Waals surface area contributed by atoms with Crippen LogP contribution in [0.1, 0.15) is 42.3 Å². The molecule has 0 atom stereocenters. The van der Waals surface area contributed by atoms with Crippen molar-refractivity contribution in [1.29, 1.82) is 0 Å². The SMILES string of the molecule is CNc1cc(Nc2nc(-c3cccc(NC(=O)c4ccc(C(C)(C)C)cc4)c3C)cn(C)c2=O)ccc1N(C)CCO. The number of aliphatic hydroxyl groups excluding tert-OH is 1. The zero-order valence-electron chi connectivity index (χ0n) is 25.4. The first-order valence-electron chi connectivity index (χ1n) is 13.9. The third-order valence-electron chi connectivity index (χ3n) is 7.32. The summed E-state index contributed by atoms with van der Waals surface area (Å²) in [6, 6.07) is 19.0. The van der Waals surface area contributed by atoms with Gasteiger partial charge in [-0.2, -0.15) is 0 Å². The Morgan fingerprint density at radius 1 is 1.05 bits per heavy atom. The van der Waals surface area contributed by atoms with Crippen LogP contribution in [-0.2, 0) is 12.5 Å². The number of rotatable bonds is 9. The van der Waals surface area contributed by atoms with E-state index >= 15 is 0 Å². The highest BCUT2D eigenvalue weighted by molar-refractivity contribution is 6.05. The summed E-state index contributed by atoms with van der Waals surface area (Å²) in [7, 11) is 5.41. The van der Waals surface area contributed by atoms with Crippen LogP contribution in [0.4, 0.5) is 28.6 Å². The lowest BCUT2D eigenvalue weighted by Crippen LogP contribution is -2.23. The van der Waals surface area contributed by atoms with Gasteiger partial charge < -0.3 is 30.5 Å². The maximum Gasteiger partial charge on any atom is 0.293 e. The van der Waals surface area contributed by atoms with Crippen LogP contribution in [0.3, 0.4) is 0 Å². The first-order valence-corrected chi connectivity index (χ1v) is 13.9. The zero-order valence-corrected chi connectivity index (χ0v) is 25.4. The van der Waals surface area contributed by atoms with Gasteiger partial charge in [-0.15, -0.1) is 0 Å². The topological polar surface area (TPSA) is 112 Å². The van der Waals surface area contributed by atoms with Crippen LogP contribution in [0.25, 0.3) is 11.3 Å². The smallest absolute Gasteiger partial charge is 0.293 e. The summed E-state index contributed by atoms with van der Waals surface area (Å²) in [6.45, 7) is 8.88. The number of aryl methyl sites for hydroxylation is 1. The summed E-state index contributed by atoms with van der Waals surface area (Å²) >= 11 is 0. The van der Waals surface area contributed by atoms with E-state index in [-0.39, 0.29) is 29.3 Å². The van der Waals surface area contributed by atoms with Crippen molar-refractivity contribution in [2.45, 2.75) is 33.1 Å². The minimum absolute atomic E-state index is 0.00602. The standard InChI is InChI=1S/C33H40N6O3/c1-21-25(9-8-10-26(21)37-31(41)22-11-13-23(14-12-22)33(2,3)4)28-20-39(7)32(42)30(36-28)35-24-15-16-29(27(19-24)34-5)38(6)17-18-40/h8-16,19-20,34,40H,17-18H2,1-7H3,(H,35,36)(H,37,41). The Balaban J connectivity index is 1.62. The van der Waals surface area contributed by atoms with Crippen molar-refractivity contribution < 1.29 is 9.90 Å². The molecule has 0 spiro atoms. The van der Waals surface area contributed by atoms with Crippen molar-refractivity contribution in [2.75, 3.05) is 48.1 Å². The van der Waals surface area contributed by atoms with Crippen molar-refractivity contribution in [2.24, 2.45) is 7.05 Å². The fourth-order valence-electron chi connectivity index (χ4n) is 4.74. The summed E-state index contributed by atoms with van der Waals surface area (Å²) in [5, 5.41) is 18.7. The van der Waals surface area contributed by atoms with E-state index in [1.165, 1.54) is 4.57 Å². The largest absolute Gasteiger partial charge is 0.395 e. The van der Waals surface area contributed by atoms with Gasteiger partial charge >= 0.3 is 0 Å². The summed E-state index contributed by atoms with van der Waals surface area (Å²) in [5.41, 5.74) is 6.83. The number of anilines is 5. The van der Waals surface area contributed by atoms with Gasteiger partial charge in [0.05, 0.1) is 23.7 Å². The molecule has 4 N–H and O–H groups in total. The molecular formula is C33H40N6O3. The maximum absolute atomic E-state index is 13.1. The Labute approximate surface area is 247 Å². The number of benzene rings is 3. The van der Waals surface area contributed by atoms with Gasteiger partial charge in [0.1, 0.15) is 0 Å². The molecular weight excluding hydrogens is 528 g/mol. The molecule has 0 fully saturated rings. The second-order valence-corrected chi connectivity index (χ2v) is 11.4. The summed E-state index contributed by atoms with van der Waals surface area (Å²) in [5.74, 6) is -0.0128. The number of likely N-dealkylation sites (N-methyl/N-ethyl adjacent to an activating group) is 1. The van der Waals surface area contributed by atoms with Crippen LogP contribution in [-0.4, -0.2) is 47.8 Å². The van der Waals surface area contributed by atoms with Gasteiger partial charge in [0, 0.05) is 56.4 Å². The van der Waals surface area contributed by atoms with Gasteiger partial charge in [-0.3, -0.25) is 9.59 Å². The zero-order chi connectivity index (χ0) is 30.6. The van der Waals surface area contributed by atoms with Crippen molar-refractivity contribution in [3.05, 3.63) is 93.9 Å². The molecule has 0 saturated carbocycles. The molecule has 0 aliphatic rings. The molecule has 0 bridgehead atoms. The molecule has 220 valence electrons. The average Bonchev–Trinajstić information content (AvgIpc) is 2.96. The molecule has 1 aromatic heterocycles. The lowest BCUT2D eigenvalue weighted by Gasteiger charge is -2.22. The van der Waals surface area contributed by atoms with Gasteiger partial charge in [-0.05, 0) is 59.9 Å². The van der Waals surface area contributed by atoms with Crippen molar-refractivity contribution in [3.8, 4) is 11.3 Å². The van der Waals surface area contributed by atoms with Crippen LogP contribution in [0, 0.1) is 6.92 Å². The number of carbonyl (C=O) groups excluding carboxylic acids is 1. The minimum Gasteiger partial charge on any atom is -0.395 e. The van der Waals surface area contributed by atoms with Gasteiger partial charge in [-0.1, -0.05) is 45.0 Å². The van der Waals surface area contributed by atoms with E-state index in [4.69, 9.17) is 4.98 Å². The molecule has 1 amide bonds. The van der Waals surface area contributed by atoms with E-state index in [0.717, 1.165) is 28.1 Å². The summed E-state index contributed by atoms with van der Waals surface area (Å²) < 4.78 is 1.49. The molecule has 0 radical (unpaired) electrons. The lowest BCUT2D eigenvalue weighted by molar-refractivity contribution is 0.102. The number of nitrogens with one attached hydrogen (secondary N) is 3. The van der Waals surface area contributed by atoms with Crippen molar-refractivity contribution in [3.63, 3.8) is 0 Å². The maximum atomic E-state index is 13.1. The predicted octanol–water partition coefficient (Wildman–Crippen LogP) is 5.52. The number of hydrogen-bond donors (Lipinski definition) is 4. The van der Waals surface area contributed by atoms with E-state index in [1.807, 2.05) is 86.6 Å². The van der Waals surface area contributed by atoms with Gasteiger partial charge in [-0.25, -0.2) is 4.98 Å². The number of hydrogen-bond acceptors (Lipinski definition) is 7. The number of amides is 1. The van der Waals surface area contributed by atoms with Crippen molar-refractivity contribution in [1.82, 2.24) is 9.55 Å². The summed E-state index contributed by atoms with van der Waals surface area (Å²) in [4.78, 5) is 32.8. The van der Waals surface area contributed by atoms with Crippen molar-refractivity contribution >= 4 is 34.5 Å². The molecule has 0 saturated heterocycles. The van der Waals surface area contributed by atoms with Crippen LogP contribution < -0.4 is 26.4 Å². The lowest BCUT2D eigenvalue weighted by atomic mass is 9.86. The fraction of sp³-hybridized carbons (Fsp3) is 0.303. The molecule has 3 aromatic carbocycles. The molecule has 9 nitrogen and oxygen atoms in total. The highest BCUT2D eigenvalue weighted by atomic mass is 16.3. The molecule has 42 heavy (non-hydrogen) atoms. The number of carbonyl (C=O) groups is 1. The summed E-state index contributed by atoms with van der Waals surface area (Å²) in [6.07, 6.45) is 1.69. The first kappa shape index (κ1) is 30.3. The highest BCUT2D eigenvalue weighted by Crippen LogP contribution is 2.31. The second kappa shape index (κ2) is 12.5. The van der Waals surface area contributed by atoms with Gasteiger partial charge in [0.15, 0.2) is 5.82 Å². The Bertz CT molecular complexity index is 1640. The third-order valence-corrected chi connectivity index (χ3v) is 7.32. The number of nitrogens with zero attached hydrogens (tertiary/aromatic N) is 3. The number of aliphatic hydroxyl groups is 1. The van der Waals surface area contributed by atoms with Gasteiger partial charge in [0.25, 0.3) is 11.5 Å². The van der Waals surface area contributed by atoms with Gasteiger partial charge in [0.2, 0.25) is 0 Å². The van der Waals surface area contributed by atoms with E-state index in [1.54, 1.807) is 13.2 Å². The Hall–Kier alpha value is -4.63. The Kier molecular flexibility index (Phi) is 9.02. The molecule has 1 heterocycles. The van der Waals surface area contributed by atoms with E-state index in [2.05, 4.69) is 36.7 Å². The minimum atomic E-state index is -0.271. The van der Waals surface area contributed by atoms with Crippen LogP contribution in [0.2, 0.25) is 0 Å². The third kappa shape index (κ3) is 6.63. The van der Waals surface area contributed by atoms with Crippen LogP contribution in [0.5, 0.6) is 0 Å². The Morgan fingerprint density at radius 3 is 2.40 bits per heavy atom. The molecule has 0 aliphatic carbocycles. The molecule has 9 heteroatoms. The molecule has 0 unspecified atom stereocenters. The van der Waals surface area contributed by atoms with Crippen LogP contribution >= 0.6 is 0 Å². The predicted molar refractivity (Wildman–Crippen MR) is 172 cm³/mol. The fourth-order valence-corrected chi connectivity index (χ4v) is 4.74. The average molecular weight is 569 g/mol. The quantitative estimate of drug-likeness (QED) is 0.210. The highest BCUT2D eigenvalue weighted by Gasteiger charge is 2.17. The molecule has 0 aliphatic heterocycles. The van der Waals surface area contributed by atoms with E-state index in [0.29, 0.717) is 29.2 Å². The molecule has 4 rings (SSSR count). The van der Waals surface area contributed by atoms with E-state index < -0.39 is 0 Å². The number of aromatic nitrogens is 2. The monoisotopic (exact) mass is 568 g/mol. The van der Waals surface area contributed by atoms with Crippen LogP contribution in [0.15, 0.2) is 71.7 Å². The first-order chi connectivity index (χ1) is 19.9.